The highest BCUT2D eigenvalue weighted by Crippen LogP contribution is 2.20. The van der Waals surface area contributed by atoms with Crippen LogP contribution in [0.25, 0.3) is 0 Å². The van der Waals surface area contributed by atoms with Crippen LogP contribution >= 0.6 is 0 Å². The number of hydrogen-bond donors (Lipinski definition) is 0. The number of hydrogen-bond acceptors (Lipinski definition) is 0. The third-order valence-corrected chi connectivity index (χ3v) is 3.18. The van der Waals surface area contributed by atoms with Crippen molar-refractivity contribution in [2.75, 3.05) is 0 Å². The van der Waals surface area contributed by atoms with E-state index < -0.39 is 0 Å². The third kappa shape index (κ3) is 10.3. The second kappa shape index (κ2) is 11.2. The molecule has 96 valence electrons. The molecule has 0 aromatic carbocycles. The van der Waals surface area contributed by atoms with E-state index in [1.807, 2.05) is 0 Å². The van der Waals surface area contributed by atoms with Crippen molar-refractivity contribution in [3.05, 3.63) is 12.2 Å². The van der Waals surface area contributed by atoms with Gasteiger partial charge in [-0.15, -0.1) is 0 Å². The van der Waals surface area contributed by atoms with Crippen molar-refractivity contribution in [2.24, 2.45) is 11.8 Å². The molecule has 0 spiro atoms. The monoisotopic (exact) mass is 224 g/mol. The molecule has 0 aliphatic heterocycles. The van der Waals surface area contributed by atoms with Crippen LogP contribution in [0, 0.1) is 11.8 Å². The van der Waals surface area contributed by atoms with Gasteiger partial charge in [-0.2, -0.15) is 0 Å². The van der Waals surface area contributed by atoms with E-state index in [9.17, 15) is 0 Å². The lowest BCUT2D eigenvalue weighted by Crippen LogP contribution is -1.99. The predicted molar refractivity (Wildman–Crippen MR) is 75.8 cm³/mol. The first kappa shape index (κ1) is 15.7. The number of rotatable bonds is 10. The van der Waals surface area contributed by atoms with E-state index in [0.29, 0.717) is 0 Å². The topological polar surface area (TPSA) is 0 Å². The fourth-order valence-electron chi connectivity index (χ4n) is 2.02. The molecule has 0 aliphatic carbocycles. The summed E-state index contributed by atoms with van der Waals surface area (Å²) >= 11 is 0. The maximum absolute atomic E-state index is 2.43. The molecule has 0 saturated heterocycles. The Hall–Kier alpha value is -0.260. The molecule has 0 N–H and O–H groups in total. The third-order valence-electron chi connectivity index (χ3n) is 3.18. The summed E-state index contributed by atoms with van der Waals surface area (Å²) in [5, 5.41) is 0. The molecule has 0 nitrogen and oxygen atoms in total. The van der Waals surface area contributed by atoms with E-state index in [-0.39, 0.29) is 0 Å². The minimum atomic E-state index is 0.806. The molecule has 0 rings (SSSR count). The Labute approximate surface area is 104 Å². The zero-order valence-corrected chi connectivity index (χ0v) is 12.0. The molecule has 16 heavy (non-hydrogen) atoms. The lowest BCUT2D eigenvalue weighted by Gasteiger charge is -2.14. The zero-order valence-electron chi connectivity index (χ0n) is 12.0. The first-order chi connectivity index (χ1) is 7.70. The van der Waals surface area contributed by atoms with Gasteiger partial charge in [0, 0.05) is 0 Å². The van der Waals surface area contributed by atoms with Gasteiger partial charge in [-0.1, -0.05) is 78.4 Å². The minimum Gasteiger partial charge on any atom is -0.0883 e. The van der Waals surface area contributed by atoms with Crippen molar-refractivity contribution in [2.45, 2.75) is 79.1 Å². The molecule has 0 heteroatoms. The molecular weight excluding hydrogens is 192 g/mol. The van der Waals surface area contributed by atoms with Crippen LogP contribution in [0.1, 0.15) is 79.1 Å². The summed E-state index contributed by atoms with van der Waals surface area (Å²) in [6.45, 7) is 9.17. The van der Waals surface area contributed by atoms with Gasteiger partial charge in [0.05, 0.1) is 0 Å². The molecule has 0 aliphatic rings. The largest absolute Gasteiger partial charge is 0.0883 e. The van der Waals surface area contributed by atoms with E-state index in [2.05, 4.69) is 39.8 Å². The van der Waals surface area contributed by atoms with Gasteiger partial charge < -0.3 is 0 Å². The van der Waals surface area contributed by atoms with Gasteiger partial charge in [0.15, 0.2) is 0 Å². The van der Waals surface area contributed by atoms with Crippen LogP contribution in [0.4, 0.5) is 0 Å². The molecule has 0 amide bonds. The summed E-state index contributed by atoms with van der Waals surface area (Å²) in [5.41, 5.74) is 0. The smallest absolute Gasteiger partial charge is 0.0322 e. The van der Waals surface area contributed by atoms with E-state index in [0.717, 1.165) is 11.8 Å². The van der Waals surface area contributed by atoms with Crippen LogP contribution in [0.3, 0.4) is 0 Å². The van der Waals surface area contributed by atoms with Crippen LogP contribution in [-0.2, 0) is 0 Å². The second-order valence-electron chi connectivity index (χ2n) is 5.49. The summed E-state index contributed by atoms with van der Waals surface area (Å²) in [4.78, 5) is 0. The summed E-state index contributed by atoms with van der Waals surface area (Å²) < 4.78 is 0. The highest BCUT2D eigenvalue weighted by atomic mass is 14.1. The fourth-order valence-corrected chi connectivity index (χ4v) is 2.02. The minimum absolute atomic E-state index is 0.806. The van der Waals surface area contributed by atoms with Gasteiger partial charge in [0.25, 0.3) is 0 Å². The van der Waals surface area contributed by atoms with Gasteiger partial charge in [-0.3, -0.25) is 0 Å². The lowest BCUT2D eigenvalue weighted by atomic mass is 9.92. The summed E-state index contributed by atoms with van der Waals surface area (Å²) in [5.74, 6) is 1.75. The zero-order chi connectivity index (χ0) is 12.2. The Morgan fingerprint density at radius 2 is 1.31 bits per heavy atom. The molecule has 0 fully saturated rings. The molecule has 0 bridgehead atoms. The molecule has 0 aromatic rings. The summed E-state index contributed by atoms with van der Waals surface area (Å²) in [6.07, 6.45) is 15.7. The Bertz CT molecular complexity index is 147. The average molecular weight is 224 g/mol. The quantitative estimate of drug-likeness (QED) is 0.401. The van der Waals surface area contributed by atoms with E-state index in [1.54, 1.807) is 0 Å². The number of unbranched alkanes of at least 4 members (excludes halogenated alkanes) is 2. The Morgan fingerprint density at radius 3 is 1.75 bits per heavy atom. The van der Waals surface area contributed by atoms with Crippen molar-refractivity contribution >= 4 is 0 Å². The fraction of sp³-hybridized carbons (Fsp3) is 0.875. The van der Waals surface area contributed by atoms with Gasteiger partial charge in [0.1, 0.15) is 0 Å². The second-order valence-corrected chi connectivity index (χ2v) is 5.49. The molecule has 0 saturated carbocycles. The Kier molecular flexibility index (Phi) is 11.0. The lowest BCUT2D eigenvalue weighted by molar-refractivity contribution is 0.423. The van der Waals surface area contributed by atoms with Crippen LogP contribution in [-0.4, -0.2) is 0 Å². The first-order valence-electron chi connectivity index (χ1n) is 7.35. The van der Waals surface area contributed by atoms with Crippen molar-refractivity contribution in [1.82, 2.24) is 0 Å². The summed E-state index contributed by atoms with van der Waals surface area (Å²) in [7, 11) is 0. The average Bonchev–Trinajstić information content (AvgIpc) is 2.26. The van der Waals surface area contributed by atoms with Crippen molar-refractivity contribution in [3.63, 3.8) is 0 Å². The van der Waals surface area contributed by atoms with E-state index in [4.69, 9.17) is 0 Å². The van der Waals surface area contributed by atoms with Crippen molar-refractivity contribution < 1.29 is 0 Å². The van der Waals surface area contributed by atoms with Gasteiger partial charge in [0.2, 0.25) is 0 Å². The normalized spacial score (nSPS) is 12.1. The van der Waals surface area contributed by atoms with Crippen LogP contribution < -0.4 is 0 Å². The van der Waals surface area contributed by atoms with Gasteiger partial charge >= 0.3 is 0 Å². The van der Waals surface area contributed by atoms with Crippen LogP contribution in [0.2, 0.25) is 0 Å². The highest BCUT2D eigenvalue weighted by Gasteiger charge is 2.05. The van der Waals surface area contributed by atoms with Gasteiger partial charge in [-0.05, 0) is 24.7 Å². The van der Waals surface area contributed by atoms with Crippen LogP contribution in [0.5, 0.6) is 0 Å². The SMILES string of the molecule is CCCCC(C/C=C\CC(C)C)CCCC. The van der Waals surface area contributed by atoms with E-state index >= 15 is 0 Å². The maximum atomic E-state index is 2.43. The predicted octanol–water partition coefficient (Wildman–Crippen LogP) is 5.98. The Morgan fingerprint density at radius 1 is 0.812 bits per heavy atom. The first-order valence-corrected chi connectivity index (χ1v) is 7.35. The molecule has 0 radical (unpaired) electrons. The maximum Gasteiger partial charge on any atom is -0.0322 e. The molecule has 0 unspecified atom stereocenters. The van der Waals surface area contributed by atoms with Gasteiger partial charge in [-0.25, -0.2) is 0 Å². The number of allylic oxidation sites excluding steroid dienone is 2. The summed E-state index contributed by atoms with van der Waals surface area (Å²) in [6, 6.07) is 0. The molecular formula is C16H32. The van der Waals surface area contributed by atoms with E-state index in [1.165, 1.54) is 51.4 Å². The van der Waals surface area contributed by atoms with Crippen LogP contribution in [0.15, 0.2) is 12.2 Å². The molecule has 0 heterocycles. The standard InChI is InChI=1S/C16H32/c1-5-7-12-16(13-8-6-2)14-10-9-11-15(3)4/h9-10,15-16H,5-8,11-14H2,1-4H3/b10-9-. The Balaban J connectivity index is 3.75. The van der Waals surface area contributed by atoms with Crippen molar-refractivity contribution in [3.8, 4) is 0 Å². The van der Waals surface area contributed by atoms with Crippen molar-refractivity contribution in [1.29, 1.82) is 0 Å². The molecule has 0 atom stereocenters. The highest BCUT2D eigenvalue weighted by molar-refractivity contribution is 4.84. The molecule has 0 aromatic heterocycles.